The van der Waals surface area contributed by atoms with Crippen LogP contribution in [0, 0.1) is 0 Å². The Morgan fingerprint density at radius 2 is 0.831 bits per heavy atom. The fourth-order valence-corrected chi connectivity index (χ4v) is 11.1. The fraction of sp³-hybridized carbons (Fsp3) is 0. The minimum Gasteiger partial charge on any atom is -0.309 e. The fourth-order valence-electron chi connectivity index (χ4n) is 11.1. The standard InChI is InChI=1S/C60H35N5/c1-2-16-40(17-3-1)63-50-23-11-6-18-42(50)45-33-39(28-31-53(45)63)59-58(61-48-21-9-10-22-49(48)62-59)36-26-29-41(30-27-36)64-52-25-13-8-20-44(52)56-55(64)35-46-43-19-7-12-24-51(43)65-54-34-38-15-5-4-14-37(38)32-47(54)57(56)60(46)65/h1-35H. The Balaban J connectivity index is 0.953. The zero-order valence-corrected chi connectivity index (χ0v) is 34.9. The topological polar surface area (TPSA) is 40.0 Å². The van der Waals surface area contributed by atoms with Crippen molar-refractivity contribution >= 4 is 104 Å². The summed E-state index contributed by atoms with van der Waals surface area (Å²) in [5.41, 5.74) is 16.2. The van der Waals surface area contributed by atoms with Crippen molar-refractivity contribution in [1.82, 2.24) is 23.5 Å². The number of fused-ring (bicyclic) bond motifs is 15. The first-order valence-corrected chi connectivity index (χ1v) is 22.2. The van der Waals surface area contributed by atoms with Crippen LogP contribution in [0.15, 0.2) is 212 Å². The van der Waals surface area contributed by atoms with E-state index in [4.69, 9.17) is 9.97 Å². The van der Waals surface area contributed by atoms with Gasteiger partial charge >= 0.3 is 0 Å². The average Bonchev–Trinajstić information content (AvgIpc) is 4.09. The Kier molecular flexibility index (Phi) is 6.89. The molecular formula is C60H35N5. The molecule has 0 unspecified atom stereocenters. The van der Waals surface area contributed by atoms with Gasteiger partial charge in [-0.2, -0.15) is 0 Å². The molecule has 0 amide bonds. The highest BCUT2D eigenvalue weighted by molar-refractivity contribution is 6.36. The van der Waals surface area contributed by atoms with Crippen molar-refractivity contribution in [2.75, 3.05) is 0 Å². The second-order valence-electron chi connectivity index (χ2n) is 17.3. The Morgan fingerprint density at radius 1 is 0.292 bits per heavy atom. The van der Waals surface area contributed by atoms with Gasteiger partial charge in [0.05, 0.1) is 61.0 Å². The van der Waals surface area contributed by atoms with Crippen LogP contribution in [-0.4, -0.2) is 23.5 Å². The Hall–Kier alpha value is -8.80. The number of hydrogen-bond donors (Lipinski definition) is 0. The molecule has 65 heavy (non-hydrogen) atoms. The van der Waals surface area contributed by atoms with Crippen LogP contribution in [0.25, 0.3) is 137 Å². The molecule has 15 aromatic rings. The number of rotatable bonds is 4. The van der Waals surface area contributed by atoms with Gasteiger partial charge in [0.1, 0.15) is 0 Å². The third kappa shape index (κ3) is 4.76. The van der Waals surface area contributed by atoms with Crippen LogP contribution in [-0.2, 0) is 0 Å². The lowest BCUT2D eigenvalue weighted by Crippen LogP contribution is -1.97. The van der Waals surface area contributed by atoms with Crippen molar-refractivity contribution in [2.45, 2.75) is 0 Å². The molecule has 0 atom stereocenters. The van der Waals surface area contributed by atoms with Crippen LogP contribution in [0.4, 0.5) is 0 Å². The Bertz CT molecular complexity index is 4460. The van der Waals surface area contributed by atoms with E-state index in [0.717, 1.165) is 50.4 Å². The number of benzene rings is 10. The summed E-state index contributed by atoms with van der Waals surface area (Å²) in [4.78, 5) is 10.7. The first kappa shape index (κ1) is 34.7. The molecule has 15 rings (SSSR count). The van der Waals surface area contributed by atoms with Crippen molar-refractivity contribution in [3.63, 3.8) is 0 Å². The van der Waals surface area contributed by atoms with Gasteiger partial charge < -0.3 is 13.5 Å². The van der Waals surface area contributed by atoms with Gasteiger partial charge in [0.15, 0.2) is 0 Å². The van der Waals surface area contributed by atoms with Crippen LogP contribution in [0.5, 0.6) is 0 Å². The highest BCUT2D eigenvalue weighted by atomic mass is 15.0. The van der Waals surface area contributed by atoms with Gasteiger partial charge in [-0.15, -0.1) is 0 Å². The molecule has 0 saturated heterocycles. The lowest BCUT2D eigenvalue weighted by molar-refractivity contribution is 1.18. The van der Waals surface area contributed by atoms with Crippen molar-refractivity contribution in [3.8, 4) is 33.9 Å². The minimum atomic E-state index is 0.857. The molecule has 5 nitrogen and oxygen atoms in total. The molecule has 0 aliphatic heterocycles. The monoisotopic (exact) mass is 825 g/mol. The molecule has 0 radical (unpaired) electrons. The highest BCUT2D eigenvalue weighted by Crippen LogP contribution is 2.47. The average molecular weight is 826 g/mol. The lowest BCUT2D eigenvalue weighted by atomic mass is 10.00. The van der Waals surface area contributed by atoms with Gasteiger partial charge in [-0.3, -0.25) is 0 Å². The second-order valence-corrected chi connectivity index (χ2v) is 17.3. The summed E-state index contributed by atoms with van der Waals surface area (Å²) >= 11 is 0. The molecule has 0 aliphatic rings. The Morgan fingerprint density at radius 3 is 1.58 bits per heavy atom. The van der Waals surface area contributed by atoms with E-state index < -0.39 is 0 Å². The van der Waals surface area contributed by atoms with Crippen molar-refractivity contribution < 1.29 is 0 Å². The molecule has 5 heterocycles. The summed E-state index contributed by atoms with van der Waals surface area (Å²) in [5, 5.41) is 12.5. The van der Waals surface area contributed by atoms with E-state index in [1.165, 1.54) is 87.0 Å². The lowest BCUT2D eigenvalue weighted by Gasteiger charge is -2.13. The molecule has 0 aliphatic carbocycles. The van der Waals surface area contributed by atoms with E-state index in [1.807, 2.05) is 12.1 Å². The summed E-state index contributed by atoms with van der Waals surface area (Å²) < 4.78 is 7.31. The first-order valence-electron chi connectivity index (χ1n) is 22.2. The van der Waals surface area contributed by atoms with Gasteiger partial charge in [-0.05, 0) is 95.7 Å². The van der Waals surface area contributed by atoms with Gasteiger partial charge in [0, 0.05) is 65.6 Å². The maximum atomic E-state index is 5.36. The molecule has 5 heteroatoms. The van der Waals surface area contributed by atoms with Gasteiger partial charge in [0.25, 0.3) is 0 Å². The maximum Gasteiger partial charge on any atom is 0.0973 e. The summed E-state index contributed by atoms with van der Waals surface area (Å²) in [7, 11) is 0. The van der Waals surface area contributed by atoms with Crippen LogP contribution in [0.2, 0.25) is 0 Å². The van der Waals surface area contributed by atoms with Crippen molar-refractivity contribution in [2.24, 2.45) is 0 Å². The number of hydrogen-bond acceptors (Lipinski definition) is 2. The summed E-state index contributed by atoms with van der Waals surface area (Å²) in [6.07, 6.45) is 0. The molecule has 300 valence electrons. The Labute approximate surface area is 371 Å². The van der Waals surface area contributed by atoms with Gasteiger partial charge in [-0.25, -0.2) is 9.97 Å². The predicted molar refractivity (Wildman–Crippen MR) is 271 cm³/mol. The van der Waals surface area contributed by atoms with Crippen LogP contribution >= 0.6 is 0 Å². The molecule has 10 aromatic carbocycles. The van der Waals surface area contributed by atoms with Gasteiger partial charge in [-0.1, -0.05) is 127 Å². The highest BCUT2D eigenvalue weighted by Gasteiger charge is 2.25. The summed E-state index contributed by atoms with van der Waals surface area (Å²) in [6.45, 7) is 0. The summed E-state index contributed by atoms with van der Waals surface area (Å²) in [5.74, 6) is 0. The van der Waals surface area contributed by atoms with Crippen molar-refractivity contribution in [3.05, 3.63) is 212 Å². The molecule has 0 bridgehead atoms. The molecular weight excluding hydrogens is 791 g/mol. The number of para-hydroxylation sites is 6. The molecule has 5 aromatic heterocycles. The zero-order valence-electron chi connectivity index (χ0n) is 34.9. The summed E-state index contributed by atoms with van der Waals surface area (Å²) in [6, 6.07) is 76.9. The normalized spacial score (nSPS) is 12.3. The van der Waals surface area contributed by atoms with Crippen LogP contribution in [0.3, 0.4) is 0 Å². The molecule has 0 fully saturated rings. The second kappa shape index (κ2) is 12.9. The van der Waals surface area contributed by atoms with Crippen LogP contribution < -0.4 is 0 Å². The molecule has 0 saturated carbocycles. The van der Waals surface area contributed by atoms with E-state index in [2.05, 4.69) is 214 Å². The van der Waals surface area contributed by atoms with Gasteiger partial charge in [0.2, 0.25) is 0 Å². The smallest absolute Gasteiger partial charge is 0.0973 e. The number of aromatic nitrogens is 5. The quantitative estimate of drug-likeness (QED) is 0.177. The maximum absolute atomic E-state index is 5.36. The number of nitrogens with zero attached hydrogens (tertiary/aromatic N) is 5. The predicted octanol–water partition coefficient (Wildman–Crippen LogP) is 15.5. The molecule has 0 N–H and O–H groups in total. The van der Waals surface area contributed by atoms with E-state index in [1.54, 1.807) is 0 Å². The molecule has 0 spiro atoms. The third-order valence-electron chi connectivity index (χ3n) is 13.9. The van der Waals surface area contributed by atoms with E-state index in [9.17, 15) is 0 Å². The van der Waals surface area contributed by atoms with Crippen molar-refractivity contribution in [1.29, 1.82) is 0 Å². The van der Waals surface area contributed by atoms with E-state index in [-0.39, 0.29) is 0 Å². The largest absolute Gasteiger partial charge is 0.309 e. The SMILES string of the molecule is c1ccc(-n2c3ccccc3c3cc(-c4nc5ccccc5nc4-c4ccc(-n5c6ccccc6c6c7c8cc9ccccc9cc8n8c9ccccc9c(cc65)c78)cc4)ccc32)cc1. The van der Waals surface area contributed by atoms with Crippen LogP contribution in [0.1, 0.15) is 0 Å². The minimum absolute atomic E-state index is 0.857. The van der Waals surface area contributed by atoms with E-state index >= 15 is 0 Å². The zero-order chi connectivity index (χ0) is 42.3. The first-order chi connectivity index (χ1) is 32.2. The van der Waals surface area contributed by atoms with E-state index in [0.29, 0.717) is 0 Å². The third-order valence-corrected chi connectivity index (χ3v) is 13.9.